The SMILES string of the molecule is CC(C)c1ccc(NC(=O)N2CC[C@@H](C)[C@@H]2C(=O)Nc2ccc(-c3ccc(C(=O)OC(C)(C)C)cc3)cc2)cc1. The van der Waals surface area contributed by atoms with Gasteiger partial charge in [-0.3, -0.25) is 4.79 Å². The summed E-state index contributed by atoms with van der Waals surface area (Å²) in [5, 5.41) is 5.93. The van der Waals surface area contributed by atoms with Crippen LogP contribution in [-0.2, 0) is 9.53 Å². The minimum Gasteiger partial charge on any atom is -0.456 e. The molecule has 0 unspecified atom stereocenters. The lowest BCUT2D eigenvalue weighted by atomic mass is 10.0. The van der Waals surface area contributed by atoms with Gasteiger partial charge in [-0.25, -0.2) is 9.59 Å². The van der Waals surface area contributed by atoms with Crippen molar-refractivity contribution in [1.82, 2.24) is 4.90 Å². The predicted octanol–water partition coefficient (Wildman–Crippen LogP) is 7.31. The Hall–Kier alpha value is -4.13. The van der Waals surface area contributed by atoms with Gasteiger partial charge in [0.2, 0.25) is 5.91 Å². The molecule has 0 radical (unpaired) electrons. The largest absolute Gasteiger partial charge is 0.456 e. The fourth-order valence-electron chi connectivity index (χ4n) is 4.82. The summed E-state index contributed by atoms with van der Waals surface area (Å²) in [6.07, 6.45) is 0.760. The standard InChI is InChI=1S/C33H39N3O4/c1-21(2)23-11-15-28(16-12-23)35-32(39)36-20-19-22(3)29(36)30(37)34-27-17-13-25(14-18-27)24-7-9-26(10-8-24)31(38)40-33(4,5)6/h7-18,21-22,29H,19-20H2,1-6H3,(H,34,37)(H,35,39)/t22-,29-/m1/s1. The minimum atomic E-state index is -0.560. The first-order valence-corrected chi connectivity index (χ1v) is 13.8. The molecule has 0 bridgehead atoms. The monoisotopic (exact) mass is 541 g/mol. The van der Waals surface area contributed by atoms with Crippen LogP contribution in [0, 0.1) is 5.92 Å². The molecule has 1 aliphatic heterocycles. The van der Waals surface area contributed by atoms with Crippen molar-refractivity contribution in [3.63, 3.8) is 0 Å². The highest BCUT2D eigenvalue weighted by Gasteiger charge is 2.39. The van der Waals surface area contributed by atoms with Crippen LogP contribution in [0.2, 0.25) is 0 Å². The van der Waals surface area contributed by atoms with E-state index >= 15 is 0 Å². The highest BCUT2D eigenvalue weighted by Crippen LogP contribution is 2.28. The van der Waals surface area contributed by atoms with Crippen LogP contribution >= 0.6 is 0 Å². The number of urea groups is 1. The molecule has 2 atom stereocenters. The Balaban J connectivity index is 1.38. The molecule has 7 heteroatoms. The molecule has 1 aliphatic rings. The number of hydrogen-bond donors (Lipinski definition) is 2. The molecular formula is C33H39N3O4. The van der Waals surface area contributed by atoms with Gasteiger partial charge < -0.3 is 20.3 Å². The lowest BCUT2D eigenvalue weighted by Crippen LogP contribution is -2.47. The summed E-state index contributed by atoms with van der Waals surface area (Å²) in [5.41, 5.74) is 4.41. The molecule has 0 aliphatic carbocycles. The first kappa shape index (κ1) is 28.9. The lowest BCUT2D eigenvalue weighted by Gasteiger charge is -2.26. The molecule has 40 heavy (non-hydrogen) atoms. The van der Waals surface area contributed by atoms with Crippen molar-refractivity contribution in [2.75, 3.05) is 17.2 Å². The molecule has 1 heterocycles. The van der Waals surface area contributed by atoms with Crippen LogP contribution in [0.5, 0.6) is 0 Å². The zero-order chi connectivity index (χ0) is 29.0. The van der Waals surface area contributed by atoms with Crippen LogP contribution in [0.1, 0.15) is 69.8 Å². The van der Waals surface area contributed by atoms with Gasteiger partial charge in [-0.05, 0) is 92.1 Å². The summed E-state index contributed by atoms with van der Waals surface area (Å²) in [6, 6.07) is 21.8. The van der Waals surface area contributed by atoms with E-state index < -0.39 is 11.6 Å². The van der Waals surface area contributed by atoms with E-state index in [1.807, 2.05) is 88.4 Å². The zero-order valence-electron chi connectivity index (χ0n) is 24.2. The number of amides is 3. The second-order valence-corrected chi connectivity index (χ2v) is 11.8. The van der Waals surface area contributed by atoms with Crippen molar-refractivity contribution in [3.8, 4) is 11.1 Å². The molecule has 3 aromatic carbocycles. The fraction of sp³-hybridized carbons (Fsp3) is 0.364. The number of ether oxygens (including phenoxy) is 1. The molecule has 0 saturated carbocycles. The van der Waals surface area contributed by atoms with E-state index in [9.17, 15) is 14.4 Å². The molecule has 210 valence electrons. The Morgan fingerprint density at radius 1 is 0.825 bits per heavy atom. The van der Waals surface area contributed by atoms with Gasteiger partial charge in [-0.2, -0.15) is 0 Å². The zero-order valence-corrected chi connectivity index (χ0v) is 24.2. The van der Waals surface area contributed by atoms with Crippen molar-refractivity contribution in [2.24, 2.45) is 5.92 Å². The van der Waals surface area contributed by atoms with E-state index in [0.717, 1.165) is 17.5 Å². The second kappa shape index (κ2) is 11.9. The molecule has 1 fully saturated rings. The van der Waals surface area contributed by atoms with E-state index in [4.69, 9.17) is 4.74 Å². The number of anilines is 2. The maximum absolute atomic E-state index is 13.3. The Labute approximate surface area is 236 Å². The Bertz CT molecular complexity index is 1340. The average Bonchev–Trinajstić information content (AvgIpc) is 3.30. The number of carbonyl (C=O) groups excluding carboxylic acids is 3. The Morgan fingerprint density at radius 3 is 1.90 bits per heavy atom. The van der Waals surface area contributed by atoms with Gasteiger partial charge in [-0.1, -0.05) is 57.2 Å². The van der Waals surface area contributed by atoms with Crippen LogP contribution in [-0.4, -0.2) is 41.0 Å². The minimum absolute atomic E-state index is 0.0387. The second-order valence-electron chi connectivity index (χ2n) is 11.8. The number of likely N-dealkylation sites (tertiary alicyclic amines) is 1. The van der Waals surface area contributed by atoms with Crippen LogP contribution in [0.25, 0.3) is 11.1 Å². The average molecular weight is 542 g/mol. The summed E-state index contributed by atoms with van der Waals surface area (Å²) in [6.45, 7) is 12.3. The maximum Gasteiger partial charge on any atom is 0.338 e. The first-order valence-electron chi connectivity index (χ1n) is 13.8. The van der Waals surface area contributed by atoms with E-state index in [1.54, 1.807) is 17.0 Å². The number of hydrogen-bond acceptors (Lipinski definition) is 4. The number of esters is 1. The molecule has 7 nitrogen and oxygen atoms in total. The highest BCUT2D eigenvalue weighted by atomic mass is 16.6. The highest BCUT2D eigenvalue weighted by molar-refractivity contribution is 6.00. The molecule has 4 rings (SSSR count). The van der Waals surface area contributed by atoms with Gasteiger partial charge in [0.1, 0.15) is 11.6 Å². The number of nitrogens with one attached hydrogen (secondary N) is 2. The molecule has 0 aromatic heterocycles. The molecule has 2 N–H and O–H groups in total. The third-order valence-corrected chi connectivity index (χ3v) is 7.06. The fourth-order valence-corrected chi connectivity index (χ4v) is 4.82. The van der Waals surface area contributed by atoms with Gasteiger partial charge in [0.25, 0.3) is 0 Å². The normalized spacial score (nSPS) is 17.0. The van der Waals surface area contributed by atoms with Crippen molar-refractivity contribution in [2.45, 2.75) is 65.5 Å². The van der Waals surface area contributed by atoms with Crippen LogP contribution in [0.3, 0.4) is 0 Å². The van der Waals surface area contributed by atoms with E-state index in [-0.39, 0.29) is 23.8 Å². The van der Waals surface area contributed by atoms with Crippen LogP contribution in [0.4, 0.5) is 16.2 Å². The lowest BCUT2D eigenvalue weighted by molar-refractivity contribution is -0.120. The summed E-state index contributed by atoms with van der Waals surface area (Å²) in [7, 11) is 0. The van der Waals surface area contributed by atoms with Gasteiger partial charge >= 0.3 is 12.0 Å². The Morgan fingerprint density at radius 2 is 1.35 bits per heavy atom. The van der Waals surface area contributed by atoms with Gasteiger partial charge in [-0.15, -0.1) is 0 Å². The number of benzene rings is 3. The predicted molar refractivity (Wildman–Crippen MR) is 160 cm³/mol. The van der Waals surface area contributed by atoms with Gasteiger partial charge in [0, 0.05) is 17.9 Å². The molecule has 3 amide bonds. The summed E-state index contributed by atoms with van der Waals surface area (Å²) >= 11 is 0. The van der Waals surface area contributed by atoms with Crippen molar-refractivity contribution >= 4 is 29.3 Å². The van der Waals surface area contributed by atoms with E-state index in [1.165, 1.54) is 5.56 Å². The van der Waals surface area contributed by atoms with Gasteiger partial charge in [0.05, 0.1) is 5.56 Å². The molecule has 0 spiro atoms. The summed E-state index contributed by atoms with van der Waals surface area (Å²) < 4.78 is 5.43. The van der Waals surface area contributed by atoms with E-state index in [0.29, 0.717) is 29.4 Å². The molecular weight excluding hydrogens is 502 g/mol. The quantitative estimate of drug-likeness (QED) is 0.320. The maximum atomic E-state index is 13.3. The third-order valence-electron chi connectivity index (χ3n) is 7.06. The van der Waals surface area contributed by atoms with Gasteiger partial charge in [0.15, 0.2) is 0 Å². The Kier molecular flexibility index (Phi) is 8.62. The summed E-state index contributed by atoms with van der Waals surface area (Å²) in [5.74, 6) is -0.109. The third kappa shape index (κ3) is 7.08. The smallest absolute Gasteiger partial charge is 0.338 e. The van der Waals surface area contributed by atoms with Crippen LogP contribution in [0.15, 0.2) is 72.8 Å². The topological polar surface area (TPSA) is 87.7 Å². The molecule has 3 aromatic rings. The van der Waals surface area contributed by atoms with Crippen molar-refractivity contribution < 1.29 is 19.1 Å². The van der Waals surface area contributed by atoms with Crippen molar-refractivity contribution in [3.05, 3.63) is 83.9 Å². The summed E-state index contributed by atoms with van der Waals surface area (Å²) in [4.78, 5) is 40.3. The number of carbonyl (C=O) groups is 3. The van der Waals surface area contributed by atoms with E-state index in [2.05, 4.69) is 24.5 Å². The van der Waals surface area contributed by atoms with Crippen molar-refractivity contribution in [1.29, 1.82) is 0 Å². The first-order chi connectivity index (χ1) is 18.9. The van der Waals surface area contributed by atoms with Crippen LogP contribution < -0.4 is 10.6 Å². The number of nitrogens with zero attached hydrogens (tertiary/aromatic N) is 1. The number of rotatable bonds is 6. The molecule has 1 saturated heterocycles.